The zero-order valence-electron chi connectivity index (χ0n) is 26.2. The average Bonchev–Trinajstić information content (AvgIpc) is 3.48. The quantitative estimate of drug-likeness (QED) is 0.399. The second-order valence-corrected chi connectivity index (χ2v) is 12.7. The molecule has 0 aromatic heterocycles. The van der Waals surface area contributed by atoms with Gasteiger partial charge in [0.05, 0.1) is 36.9 Å². The van der Waals surface area contributed by atoms with Gasteiger partial charge in [-0.25, -0.2) is 13.8 Å². The van der Waals surface area contributed by atoms with Crippen LogP contribution in [0, 0.1) is 28.6 Å². The minimum Gasteiger partial charge on any atom is -0.476 e. The smallest absolute Gasteiger partial charge is 0.282 e. The maximum atomic E-state index is 16.9. The number of hydrogen-bond donors (Lipinski definition) is 0. The molecule has 1 aliphatic carbocycles. The molecule has 1 aromatic rings. The second-order valence-electron chi connectivity index (χ2n) is 12.7. The van der Waals surface area contributed by atoms with Crippen LogP contribution in [-0.4, -0.2) is 90.7 Å². The number of likely N-dealkylation sites (N-methyl/N-ethyl adjacent to an activating group) is 1. The van der Waals surface area contributed by atoms with E-state index in [1.165, 1.54) is 10.5 Å². The van der Waals surface area contributed by atoms with Crippen LogP contribution >= 0.6 is 0 Å². The van der Waals surface area contributed by atoms with Crippen molar-refractivity contribution >= 4 is 23.7 Å². The number of carbonyl (C=O) groups excluding carboxylic acids is 1. The number of ether oxygens (including phenoxy) is 1. The number of aryl methyl sites for hydroxylation is 1. The van der Waals surface area contributed by atoms with E-state index < -0.39 is 35.6 Å². The lowest BCUT2D eigenvalue weighted by molar-refractivity contribution is -0.133. The Bertz CT molecular complexity index is 1620. The zero-order valence-corrected chi connectivity index (χ0v) is 26.2. The standard InChI is InChI=1S/C35H39F2N7O2/c1-22(36)35(45)44-18-17-43(20-24(44)12-14-38)33-28(13-15-39)34(46-21-25-9-6-16-42(25)2)41-32-29(33)19-40-31(30(32)37)27-11-5-8-23-7-3-4-10-26(23)27/h5,8,11,19,24-25,29,32H,1,3-4,6-7,9-10,12-13,16-18,20-21H2,2H3. The van der Waals surface area contributed by atoms with Crippen molar-refractivity contribution in [3.63, 3.8) is 0 Å². The molecule has 0 bridgehead atoms. The summed E-state index contributed by atoms with van der Waals surface area (Å²) >= 11 is 0. The molecule has 0 N–H and O–H groups in total. The van der Waals surface area contributed by atoms with Gasteiger partial charge >= 0.3 is 0 Å². The van der Waals surface area contributed by atoms with Crippen LogP contribution < -0.4 is 0 Å². The molecule has 0 radical (unpaired) electrons. The molecule has 2 fully saturated rings. The van der Waals surface area contributed by atoms with Crippen LogP contribution in [0.25, 0.3) is 5.70 Å². The largest absolute Gasteiger partial charge is 0.476 e. The third kappa shape index (κ3) is 5.96. The Labute approximate surface area is 268 Å². The van der Waals surface area contributed by atoms with E-state index in [0.29, 0.717) is 17.9 Å². The summed E-state index contributed by atoms with van der Waals surface area (Å²) in [6.07, 6.45) is 7.66. The third-order valence-electron chi connectivity index (χ3n) is 9.96. The number of amides is 1. The molecule has 5 aliphatic rings. The molecular weight excluding hydrogens is 588 g/mol. The predicted molar refractivity (Wildman–Crippen MR) is 171 cm³/mol. The Morgan fingerprint density at radius 1 is 1.13 bits per heavy atom. The molecule has 1 amide bonds. The lowest BCUT2D eigenvalue weighted by atomic mass is 9.83. The minimum absolute atomic E-state index is 0.0262. The summed E-state index contributed by atoms with van der Waals surface area (Å²) in [6.45, 7) is 5.08. The molecular formula is C35H39F2N7O2. The molecule has 0 spiro atoms. The van der Waals surface area contributed by atoms with Gasteiger partial charge in [-0.3, -0.25) is 9.79 Å². The summed E-state index contributed by atoms with van der Waals surface area (Å²) in [4.78, 5) is 27.7. The van der Waals surface area contributed by atoms with Gasteiger partial charge in [0.1, 0.15) is 18.3 Å². The molecule has 4 aliphatic heterocycles. The number of fused-ring (bicyclic) bond motifs is 2. The number of piperazine rings is 1. The molecule has 0 saturated carbocycles. The number of benzene rings is 1. The first-order valence-electron chi connectivity index (χ1n) is 16.2. The van der Waals surface area contributed by atoms with E-state index in [0.717, 1.165) is 56.2 Å². The van der Waals surface area contributed by atoms with Crippen LogP contribution in [0.5, 0.6) is 0 Å². The van der Waals surface area contributed by atoms with Crippen molar-refractivity contribution in [1.29, 1.82) is 10.5 Å². The van der Waals surface area contributed by atoms with Crippen LogP contribution in [0.1, 0.15) is 55.2 Å². The number of hydrogen-bond acceptors (Lipinski definition) is 8. The van der Waals surface area contributed by atoms with Crippen molar-refractivity contribution in [2.75, 3.05) is 39.8 Å². The van der Waals surface area contributed by atoms with Crippen LogP contribution in [0.4, 0.5) is 8.78 Å². The van der Waals surface area contributed by atoms with Gasteiger partial charge in [-0.05, 0) is 63.2 Å². The number of carbonyl (C=O) groups is 1. The molecule has 9 nitrogen and oxygen atoms in total. The number of nitriles is 2. The maximum absolute atomic E-state index is 16.9. The zero-order chi connectivity index (χ0) is 32.4. The molecule has 6 rings (SSSR count). The van der Waals surface area contributed by atoms with Crippen molar-refractivity contribution in [2.24, 2.45) is 15.9 Å². The van der Waals surface area contributed by atoms with Crippen molar-refractivity contribution < 1.29 is 18.3 Å². The first kappa shape index (κ1) is 31.6. The fraction of sp³-hybridized carbons (Fsp3) is 0.514. The normalized spacial score (nSPS) is 26.2. The van der Waals surface area contributed by atoms with Crippen LogP contribution in [-0.2, 0) is 22.4 Å². The molecule has 4 unspecified atom stereocenters. The van der Waals surface area contributed by atoms with Crippen molar-refractivity contribution in [1.82, 2.24) is 14.7 Å². The van der Waals surface area contributed by atoms with E-state index in [9.17, 15) is 19.7 Å². The van der Waals surface area contributed by atoms with Gasteiger partial charge in [0, 0.05) is 48.7 Å². The number of nitrogens with zero attached hydrogens (tertiary/aromatic N) is 7. The molecule has 4 heterocycles. The monoisotopic (exact) mass is 627 g/mol. The summed E-state index contributed by atoms with van der Waals surface area (Å²) in [5.74, 6) is -2.77. The highest BCUT2D eigenvalue weighted by atomic mass is 19.1. The van der Waals surface area contributed by atoms with E-state index in [4.69, 9.17) is 14.7 Å². The third-order valence-corrected chi connectivity index (χ3v) is 9.96. The number of aliphatic imine (C=N–C) groups is 2. The van der Waals surface area contributed by atoms with E-state index in [2.05, 4.69) is 29.7 Å². The van der Waals surface area contributed by atoms with Gasteiger partial charge in [0.25, 0.3) is 5.91 Å². The lowest BCUT2D eigenvalue weighted by Gasteiger charge is -2.46. The van der Waals surface area contributed by atoms with Crippen LogP contribution in [0.2, 0.25) is 0 Å². The Morgan fingerprint density at radius 3 is 2.70 bits per heavy atom. The minimum atomic E-state index is -1.08. The number of rotatable bonds is 7. The number of halogens is 2. The summed E-state index contributed by atoms with van der Waals surface area (Å²) in [6, 6.07) is 8.93. The Balaban J connectivity index is 1.41. The van der Waals surface area contributed by atoms with Gasteiger partial charge < -0.3 is 19.4 Å². The number of likely N-dealkylation sites (tertiary alicyclic amines) is 1. The van der Waals surface area contributed by atoms with Gasteiger partial charge in [0.2, 0.25) is 5.90 Å². The molecule has 11 heteroatoms. The summed E-state index contributed by atoms with van der Waals surface area (Å²) in [5, 5.41) is 19.5. The average molecular weight is 628 g/mol. The van der Waals surface area contributed by atoms with Gasteiger partial charge in [-0.1, -0.05) is 24.8 Å². The predicted octanol–water partition coefficient (Wildman–Crippen LogP) is 4.87. The first-order chi connectivity index (χ1) is 22.3. The van der Waals surface area contributed by atoms with Gasteiger partial charge in [0.15, 0.2) is 11.7 Å². The maximum Gasteiger partial charge on any atom is 0.282 e. The summed E-state index contributed by atoms with van der Waals surface area (Å²) < 4.78 is 37.2. The summed E-state index contributed by atoms with van der Waals surface area (Å²) in [5.41, 5.74) is 4.62. The van der Waals surface area contributed by atoms with Crippen LogP contribution in [0.3, 0.4) is 0 Å². The van der Waals surface area contributed by atoms with Crippen molar-refractivity contribution in [2.45, 2.75) is 69.5 Å². The molecule has 46 heavy (non-hydrogen) atoms. The topological polar surface area (TPSA) is 108 Å². The molecule has 240 valence electrons. The van der Waals surface area contributed by atoms with Gasteiger partial charge in [-0.15, -0.1) is 0 Å². The fourth-order valence-corrected chi connectivity index (χ4v) is 7.58. The second kappa shape index (κ2) is 13.6. The highest BCUT2D eigenvalue weighted by Gasteiger charge is 2.44. The Kier molecular flexibility index (Phi) is 9.32. The lowest BCUT2D eigenvalue weighted by Crippen LogP contribution is -2.56. The van der Waals surface area contributed by atoms with E-state index in [1.54, 1.807) is 6.21 Å². The van der Waals surface area contributed by atoms with E-state index in [1.807, 2.05) is 24.1 Å². The Hall–Kier alpha value is -4.35. The Morgan fingerprint density at radius 2 is 1.96 bits per heavy atom. The first-order valence-corrected chi connectivity index (χ1v) is 16.2. The number of dihydropyridines is 1. The van der Waals surface area contributed by atoms with Crippen molar-refractivity contribution in [3.05, 3.63) is 64.4 Å². The van der Waals surface area contributed by atoms with E-state index >= 15 is 4.39 Å². The molecule has 4 atom stereocenters. The molecule has 2 saturated heterocycles. The fourth-order valence-electron chi connectivity index (χ4n) is 7.58. The van der Waals surface area contributed by atoms with Crippen LogP contribution in [0.15, 0.2) is 57.7 Å². The highest BCUT2D eigenvalue weighted by molar-refractivity contribution is 5.98. The van der Waals surface area contributed by atoms with E-state index in [-0.39, 0.29) is 50.1 Å². The van der Waals surface area contributed by atoms with Crippen molar-refractivity contribution in [3.8, 4) is 12.1 Å². The summed E-state index contributed by atoms with van der Waals surface area (Å²) in [7, 11) is 2.05. The SMILES string of the molecule is C=C(F)C(=O)N1CCN(C2=C(CC#N)C(OCC3CCCN3C)=NC3C(F)=C(c4cccc5c4CCCC5)N=CC23)CC1CC#N. The molecule has 1 aromatic carbocycles. The van der Waals surface area contributed by atoms with Gasteiger partial charge in [-0.2, -0.15) is 10.5 Å². The highest BCUT2D eigenvalue weighted by Crippen LogP contribution is 2.42.